The molecule has 1 amide bonds. The molecule has 3 nitrogen and oxygen atoms in total. The molecular formula is C18H20Cl2N2O. The van der Waals surface area contributed by atoms with Crippen LogP contribution in [-0.2, 0) is 17.8 Å². The summed E-state index contributed by atoms with van der Waals surface area (Å²) < 4.78 is 0. The lowest BCUT2D eigenvalue weighted by atomic mass is 10.1. The zero-order valence-electron chi connectivity index (χ0n) is 13.1. The zero-order valence-corrected chi connectivity index (χ0v) is 14.6. The maximum atomic E-state index is 12.4. The average Bonchev–Trinajstić information content (AvgIpc) is 2.54. The number of hydrogen-bond acceptors (Lipinski definition) is 2. The second-order valence-electron chi connectivity index (χ2n) is 5.36. The number of hydrogen-bond donors (Lipinski definition) is 1. The number of anilines is 1. The molecule has 0 unspecified atom stereocenters. The van der Waals surface area contributed by atoms with Crippen molar-refractivity contribution in [2.45, 2.75) is 26.3 Å². The van der Waals surface area contributed by atoms with E-state index in [0.29, 0.717) is 36.0 Å². The molecule has 0 aliphatic carbocycles. The van der Waals surface area contributed by atoms with E-state index in [2.05, 4.69) is 0 Å². The summed E-state index contributed by atoms with van der Waals surface area (Å²) >= 11 is 12.0. The summed E-state index contributed by atoms with van der Waals surface area (Å²) in [6.07, 6.45) is 1.08. The molecule has 0 aromatic heterocycles. The van der Waals surface area contributed by atoms with E-state index in [1.54, 1.807) is 17.0 Å². The van der Waals surface area contributed by atoms with Crippen LogP contribution in [0.5, 0.6) is 0 Å². The summed E-state index contributed by atoms with van der Waals surface area (Å²) in [6, 6.07) is 13.1. The Hall–Kier alpha value is -1.71. The van der Waals surface area contributed by atoms with Gasteiger partial charge in [0.15, 0.2) is 0 Å². The Bertz CT molecular complexity index is 688. The number of halogens is 2. The van der Waals surface area contributed by atoms with Crippen molar-refractivity contribution in [1.82, 2.24) is 4.90 Å². The van der Waals surface area contributed by atoms with Crippen molar-refractivity contribution in [3.05, 3.63) is 63.6 Å². The predicted molar refractivity (Wildman–Crippen MR) is 96.7 cm³/mol. The smallest absolute Gasteiger partial charge is 0.223 e. The highest BCUT2D eigenvalue weighted by Crippen LogP contribution is 2.23. The summed E-state index contributed by atoms with van der Waals surface area (Å²) in [7, 11) is 0. The first-order valence-corrected chi connectivity index (χ1v) is 8.32. The van der Waals surface area contributed by atoms with Gasteiger partial charge in [-0.1, -0.05) is 47.5 Å². The lowest BCUT2D eigenvalue weighted by Gasteiger charge is -2.21. The molecule has 0 aliphatic heterocycles. The van der Waals surface area contributed by atoms with Crippen molar-refractivity contribution in [3.8, 4) is 0 Å². The Balaban J connectivity index is 1.98. The highest BCUT2D eigenvalue weighted by Gasteiger charge is 2.13. The number of rotatable bonds is 6. The maximum Gasteiger partial charge on any atom is 0.223 e. The van der Waals surface area contributed by atoms with Crippen LogP contribution in [0.1, 0.15) is 24.5 Å². The Morgan fingerprint density at radius 2 is 1.87 bits per heavy atom. The molecule has 23 heavy (non-hydrogen) atoms. The van der Waals surface area contributed by atoms with Crippen LogP contribution in [0.15, 0.2) is 42.5 Å². The van der Waals surface area contributed by atoms with E-state index in [0.717, 1.165) is 16.8 Å². The molecule has 2 N–H and O–H groups in total. The van der Waals surface area contributed by atoms with E-state index in [4.69, 9.17) is 28.9 Å². The molecule has 0 bridgehead atoms. The van der Waals surface area contributed by atoms with Gasteiger partial charge in [-0.3, -0.25) is 4.79 Å². The van der Waals surface area contributed by atoms with Crippen LogP contribution in [0.25, 0.3) is 0 Å². The standard InChI is InChI=1S/C18H20Cl2N2O/c1-2-22(12-13-7-9-15(19)16(20)11-13)18(23)10-8-14-5-3-4-6-17(14)21/h3-7,9,11H,2,8,10,12,21H2,1H3. The summed E-state index contributed by atoms with van der Waals surface area (Å²) in [4.78, 5) is 14.2. The van der Waals surface area contributed by atoms with Gasteiger partial charge < -0.3 is 10.6 Å². The lowest BCUT2D eigenvalue weighted by Crippen LogP contribution is -2.30. The summed E-state index contributed by atoms with van der Waals surface area (Å²) in [5.41, 5.74) is 8.62. The fourth-order valence-corrected chi connectivity index (χ4v) is 2.72. The van der Waals surface area contributed by atoms with Crippen molar-refractivity contribution in [2.24, 2.45) is 0 Å². The fourth-order valence-electron chi connectivity index (χ4n) is 2.40. The van der Waals surface area contributed by atoms with E-state index in [1.165, 1.54) is 0 Å². The number of amides is 1. The predicted octanol–water partition coefficient (Wildman–Crippen LogP) is 4.56. The summed E-state index contributed by atoms with van der Waals surface area (Å²) in [5.74, 6) is 0.0989. The highest BCUT2D eigenvalue weighted by molar-refractivity contribution is 6.42. The van der Waals surface area contributed by atoms with Crippen LogP contribution in [0.2, 0.25) is 10.0 Å². The molecule has 0 fully saturated rings. The van der Waals surface area contributed by atoms with E-state index in [-0.39, 0.29) is 5.91 Å². The second kappa shape index (κ2) is 8.23. The van der Waals surface area contributed by atoms with Crippen LogP contribution in [-0.4, -0.2) is 17.4 Å². The van der Waals surface area contributed by atoms with Gasteiger partial charge in [-0.05, 0) is 42.7 Å². The first-order chi connectivity index (χ1) is 11.0. The van der Waals surface area contributed by atoms with Gasteiger partial charge in [0.05, 0.1) is 10.0 Å². The van der Waals surface area contributed by atoms with Crippen LogP contribution in [0, 0.1) is 0 Å². The fraction of sp³-hybridized carbons (Fsp3) is 0.278. The van der Waals surface area contributed by atoms with Gasteiger partial charge in [0.1, 0.15) is 0 Å². The van der Waals surface area contributed by atoms with Crippen LogP contribution in [0.4, 0.5) is 5.69 Å². The first kappa shape index (κ1) is 17.6. The minimum Gasteiger partial charge on any atom is -0.399 e. The highest BCUT2D eigenvalue weighted by atomic mass is 35.5. The third-order valence-electron chi connectivity index (χ3n) is 3.76. The quantitative estimate of drug-likeness (QED) is 0.776. The normalized spacial score (nSPS) is 10.6. The maximum absolute atomic E-state index is 12.4. The van der Waals surface area contributed by atoms with Crippen LogP contribution in [0.3, 0.4) is 0 Å². The number of para-hydroxylation sites is 1. The minimum atomic E-state index is 0.0989. The van der Waals surface area contributed by atoms with Gasteiger partial charge in [-0.25, -0.2) is 0 Å². The van der Waals surface area contributed by atoms with Crippen molar-refractivity contribution < 1.29 is 4.79 Å². The van der Waals surface area contributed by atoms with Gasteiger partial charge in [0.25, 0.3) is 0 Å². The molecule has 0 atom stereocenters. The second-order valence-corrected chi connectivity index (χ2v) is 6.17. The van der Waals surface area contributed by atoms with Gasteiger partial charge in [-0.2, -0.15) is 0 Å². The van der Waals surface area contributed by atoms with E-state index in [9.17, 15) is 4.79 Å². The molecule has 5 heteroatoms. The third kappa shape index (κ3) is 4.88. The molecular weight excluding hydrogens is 331 g/mol. The molecule has 122 valence electrons. The number of carbonyl (C=O) groups excluding carboxylic acids is 1. The van der Waals surface area contributed by atoms with Gasteiger partial charge in [0.2, 0.25) is 5.91 Å². The minimum absolute atomic E-state index is 0.0989. The van der Waals surface area contributed by atoms with Crippen molar-refractivity contribution in [1.29, 1.82) is 0 Å². The Morgan fingerprint density at radius 1 is 1.13 bits per heavy atom. The number of aryl methyl sites for hydroxylation is 1. The summed E-state index contributed by atoms with van der Waals surface area (Å²) in [5, 5.41) is 1.02. The number of benzene rings is 2. The number of carbonyl (C=O) groups is 1. The van der Waals surface area contributed by atoms with Gasteiger partial charge in [-0.15, -0.1) is 0 Å². The van der Waals surface area contributed by atoms with Crippen molar-refractivity contribution in [3.63, 3.8) is 0 Å². The molecule has 0 heterocycles. The van der Waals surface area contributed by atoms with Crippen LogP contribution >= 0.6 is 23.2 Å². The van der Waals surface area contributed by atoms with Crippen molar-refractivity contribution in [2.75, 3.05) is 12.3 Å². The lowest BCUT2D eigenvalue weighted by molar-refractivity contribution is -0.131. The number of nitrogens with two attached hydrogens (primary N) is 1. The van der Waals surface area contributed by atoms with E-state index >= 15 is 0 Å². The summed E-state index contributed by atoms with van der Waals surface area (Å²) in [6.45, 7) is 3.13. The van der Waals surface area contributed by atoms with Crippen LogP contribution < -0.4 is 5.73 Å². The van der Waals surface area contributed by atoms with Crippen molar-refractivity contribution >= 4 is 34.8 Å². The topological polar surface area (TPSA) is 46.3 Å². The third-order valence-corrected chi connectivity index (χ3v) is 4.49. The molecule has 2 aromatic rings. The Labute approximate surface area is 147 Å². The average molecular weight is 351 g/mol. The molecule has 2 aromatic carbocycles. The van der Waals surface area contributed by atoms with Gasteiger partial charge in [0, 0.05) is 25.2 Å². The molecule has 0 spiro atoms. The van der Waals surface area contributed by atoms with E-state index in [1.807, 2.05) is 37.3 Å². The Morgan fingerprint density at radius 3 is 2.52 bits per heavy atom. The molecule has 0 saturated heterocycles. The molecule has 0 aliphatic rings. The SMILES string of the molecule is CCN(Cc1ccc(Cl)c(Cl)c1)C(=O)CCc1ccccc1N. The molecule has 2 rings (SSSR count). The van der Waals surface area contributed by atoms with Gasteiger partial charge >= 0.3 is 0 Å². The molecule has 0 saturated carbocycles. The Kier molecular flexibility index (Phi) is 6.31. The monoisotopic (exact) mass is 350 g/mol. The first-order valence-electron chi connectivity index (χ1n) is 7.56. The largest absolute Gasteiger partial charge is 0.399 e. The molecule has 0 radical (unpaired) electrons. The van der Waals surface area contributed by atoms with E-state index < -0.39 is 0 Å². The number of nitrogen functional groups attached to an aromatic ring is 1. The zero-order chi connectivity index (χ0) is 16.8. The number of nitrogens with zero attached hydrogens (tertiary/aromatic N) is 1.